The van der Waals surface area contributed by atoms with Crippen LogP contribution in [0.3, 0.4) is 0 Å². The molecule has 7 heteroatoms. The van der Waals surface area contributed by atoms with Gasteiger partial charge in [-0.1, -0.05) is 44.2 Å². The highest BCUT2D eigenvalue weighted by molar-refractivity contribution is 5.97. The lowest BCUT2D eigenvalue weighted by molar-refractivity contribution is -0.134. The normalized spacial score (nSPS) is 13.4. The number of aromatic nitrogens is 2. The van der Waals surface area contributed by atoms with Crippen LogP contribution in [0, 0.1) is 5.92 Å². The second-order valence-electron chi connectivity index (χ2n) is 5.94. The SMILES string of the molecule is CC(NC(=O)C(O)C(C)C)C(=O)Nc1cc(-c2ccccc2)[nH]n1. The summed E-state index contributed by atoms with van der Waals surface area (Å²) >= 11 is 0. The highest BCUT2D eigenvalue weighted by Crippen LogP contribution is 2.19. The highest BCUT2D eigenvalue weighted by Gasteiger charge is 2.23. The molecule has 1 aromatic heterocycles. The Hall–Kier alpha value is -2.67. The van der Waals surface area contributed by atoms with E-state index < -0.39 is 24.0 Å². The third-order valence-corrected chi connectivity index (χ3v) is 3.57. The van der Waals surface area contributed by atoms with Gasteiger partial charge < -0.3 is 15.7 Å². The molecule has 1 heterocycles. The Balaban J connectivity index is 1.95. The molecule has 1 aromatic carbocycles. The zero-order chi connectivity index (χ0) is 17.7. The van der Waals surface area contributed by atoms with Gasteiger partial charge in [0.1, 0.15) is 12.1 Å². The largest absolute Gasteiger partial charge is 0.383 e. The van der Waals surface area contributed by atoms with E-state index in [4.69, 9.17) is 0 Å². The van der Waals surface area contributed by atoms with Crippen molar-refractivity contribution in [3.05, 3.63) is 36.4 Å². The summed E-state index contributed by atoms with van der Waals surface area (Å²) in [5.74, 6) is -0.838. The van der Waals surface area contributed by atoms with E-state index >= 15 is 0 Å². The van der Waals surface area contributed by atoms with Crippen molar-refractivity contribution >= 4 is 17.6 Å². The first-order chi connectivity index (χ1) is 11.4. The number of hydrogen-bond donors (Lipinski definition) is 4. The summed E-state index contributed by atoms with van der Waals surface area (Å²) in [6, 6.07) is 10.5. The molecule has 24 heavy (non-hydrogen) atoms. The summed E-state index contributed by atoms with van der Waals surface area (Å²) in [7, 11) is 0. The predicted molar refractivity (Wildman–Crippen MR) is 91.1 cm³/mol. The number of hydrogen-bond acceptors (Lipinski definition) is 4. The predicted octanol–water partition coefficient (Wildman–Crippen LogP) is 1.54. The van der Waals surface area contributed by atoms with Crippen molar-refractivity contribution in [2.45, 2.75) is 32.9 Å². The molecular formula is C17H22N4O3. The van der Waals surface area contributed by atoms with Crippen molar-refractivity contribution in [3.63, 3.8) is 0 Å². The number of nitrogens with zero attached hydrogens (tertiary/aromatic N) is 1. The first-order valence-corrected chi connectivity index (χ1v) is 7.78. The van der Waals surface area contributed by atoms with Crippen molar-refractivity contribution in [1.29, 1.82) is 0 Å². The van der Waals surface area contributed by atoms with Crippen LogP contribution in [0.2, 0.25) is 0 Å². The lowest BCUT2D eigenvalue weighted by atomic mass is 10.1. The maximum atomic E-state index is 12.1. The summed E-state index contributed by atoms with van der Waals surface area (Å²) in [6.07, 6.45) is -1.14. The number of benzene rings is 1. The molecule has 128 valence electrons. The van der Waals surface area contributed by atoms with Crippen LogP contribution in [0.4, 0.5) is 5.82 Å². The van der Waals surface area contributed by atoms with Crippen LogP contribution in [0.5, 0.6) is 0 Å². The van der Waals surface area contributed by atoms with Gasteiger partial charge in [0.05, 0.1) is 5.69 Å². The number of amides is 2. The molecule has 0 radical (unpaired) electrons. The second kappa shape index (κ2) is 7.74. The van der Waals surface area contributed by atoms with Crippen molar-refractivity contribution < 1.29 is 14.7 Å². The van der Waals surface area contributed by atoms with Gasteiger partial charge in [0.15, 0.2) is 5.82 Å². The Labute approximate surface area is 140 Å². The summed E-state index contributed by atoms with van der Waals surface area (Å²) in [5, 5.41) is 21.7. The van der Waals surface area contributed by atoms with Crippen LogP contribution in [-0.2, 0) is 9.59 Å². The van der Waals surface area contributed by atoms with Crippen LogP contribution in [0.15, 0.2) is 36.4 Å². The molecule has 2 amide bonds. The molecule has 0 aliphatic heterocycles. The van der Waals surface area contributed by atoms with E-state index in [1.807, 2.05) is 30.3 Å². The highest BCUT2D eigenvalue weighted by atomic mass is 16.3. The van der Waals surface area contributed by atoms with E-state index in [0.29, 0.717) is 5.82 Å². The van der Waals surface area contributed by atoms with E-state index in [-0.39, 0.29) is 5.92 Å². The minimum Gasteiger partial charge on any atom is -0.383 e. The van der Waals surface area contributed by atoms with Crippen molar-refractivity contribution in [2.24, 2.45) is 5.92 Å². The minimum atomic E-state index is -1.14. The summed E-state index contributed by atoms with van der Waals surface area (Å²) < 4.78 is 0. The van der Waals surface area contributed by atoms with Crippen molar-refractivity contribution in [1.82, 2.24) is 15.5 Å². The van der Waals surface area contributed by atoms with E-state index in [1.165, 1.54) is 0 Å². The van der Waals surface area contributed by atoms with Gasteiger partial charge >= 0.3 is 0 Å². The average Bonchev–Trinajstić information content (AvgIpc) is 3.03. The first-order valence-electron chi connectivity index (χ1n) is 7.78. The van der Waals surface area contributed by atoms with Gasteiger partial charge in [-0.3, -0.25) is 14.7 Å². The zero-order valence-electron chi connectivity index (χ0n) is 13.9. The summed E-state index contributed by atoms with van der Waals surface area (Å²) in [6.45, 7) is 5.00. The van der Waals surface area contributed by atoms with Gasteiger partial charge in [-0.05, 0) is 18.4 Å². The Morgan fingerprint density at radius 1 is 1.12 bits per heavy atom. The third-order valence-electron chi connectivity index (χ3n) is 3.57. The molecule has 0 fully saturated rings. The fourth-order valence-corrected chi connectivity index (χ4v) is 2.05. The number of aliphatic hydroxyl groups excluding tert-OH is 1. The molecule has 2 rings (SSSR count). The second-order valence-corrected chi connectivity index (χ2v) is 5.94. The number of aliphatic hydroxyl groups is 1. The van der Waals surface area contributed by atoms with Gasteiger partial charge in [0.25, 0.3) is 0 Å². The van der Waals surface area contributed by atoms with Crippen LogP contribution < -0.4 is 10.6 Å². The van der Waals surface area contributed by atoms with Crippen LogP contribution in [-0.4, -0.2) is 39.3 Å². The molecule has 2 atom stereocenters. The number of nitrogens with one attached hydrogen (secondary N) is 3. The quantitative estimate of drug-likeness (QED) is 0.644. The minimum absolute atomic E-state index is 0.222. The first kappa shape index (κ1) is 17.7. The van der Waals surface area contributed by atoms with Crippen LogP contribution in [0.25, 0.3) is 11.3 Å². The van der Waals surface area contributed by atoms with E-state index in [2.05, 4.69) is 20.8 Å². The number of H-pyrrole nitrogens is 1. The van der Waals surface area contributed by atoms with Crippen LogP contribution in [0.1, 0.15) is 20.8 Å². The maximum Gasteiger partial charge on any atom is 0.249 e. The van der Waals surface area contributed by atoms with E-state index in [1.54, 1.807) is 26.8 Å². The van der Waals surface area contributed by atoms with E-state index in [9.17, 15) is 14.7 Å². The molecule has 0 spiro atoms. The Morgan fingerprint density at radius 2 is 1.79 bits per heavy atom. The molecule has 0 aliphatic carbocycles. The number of aromatic amines is 1. The lowest BCUT2D eigenvalue weighted by Crippen LogP contribution is -2.47. The van der Waals surface area contributed by atoms with Gasteiger partial charge in [-0.25, -0.2) is 0 Å². The molecule has 0 saturated heterocycles. The molecule has 4 N–H and O–H groups in total. The average molecular weight is 330 g/mol. The van der Waals surface area contributed by atoms with Crippen molar-refractivity contribution in [3.8, 4) is 11.3 Å². The summed E-state index contributed by atoms with van der Waals surface area (Å²) in [4.78, 5) is 23.9. The molecular weight excluding hydrogens is 308 g/mol. The van der Waals surface area contributed by atoms with Gasteiger partial charge in [0, 0.05) is 6.07 Å². The molecule has 2 unspecified atom stereocenters. The number of carbonyl (C=O) groups excluding carboxylic acids is 2. The Morgan fingerprint density at radius 3 is 2.42 bits per heavy atom. The lowest BCUT2D eigenvalue weighted by Gasteiger charge is -2.18. The molecule has 0 aliphatic rings. The van der Waals surface area contributed by atoms with Gasteiger partial charge in [-0.2, -0.15) is 5.10 Å². The smallest absolute Gasteiger partial charge is 0.249 e. The Bertz CT molecular complexity index is 697. The number of carbonyl (C=O) groups is 2. The summed E-state index contributed by atoms with van der Waals surface area (Å²) in [5.41, 5.74) is 1.73. The Kier molecular flexibility index (Phi) is 5.70. The third kappa shape index (κ3) is 4.42. The van der Waals surface area contributed by atoms with Crippen LogP contribution >= 0.6 is 0 Å². The number of anilines is 1. The maximum absolute atomic E-state index is 12.1. The zero-order valence-corrected chi connectivity index (χ0v) is 13.9. The molecule has 0 bridgehead atoms. The van der Waals surface area contributed by atoms with E-state index in [0.717, 1.165) is 11.3 Å². The topological polar surface area (TPSA) is 107 Å². The molecule has 7 nitrogen and oxygen atoms in total. The van der Waals surface area contributed by atoms with Crippen molar-refractivity contribution in [2.75, 3.05) is 5.32 Å². The number of rotatable bonds is 6. The fourth-order valence-electron chi connectivity index (χ4n) is 2.05. The monoisotopic (exact) mass is 330 g/mol. The standard InChI is InChI=1S/C17H22N4O3/c1-10(2)15(22)17(24)18-11(3)16(23)19-14-9-13(20-21-14)12-7-5-4-6-8-12/h4-11,15,22H,1-3H3,(H,18,24)(H2,19,20,21,23). The van der Waals surface area contributed by atoms with Gasteiger partial charge in [0.2, 0.25) is 11.8 Å². The molecule has 0 saturated carbocycles. The fraction of sp³-hybridized carbons (Fsp3) is 0.353. The molecule has 2 aromatic rings. The van der Waals surface area contributed by atoms with Gasteiger partial charge in [-0.15, -0.1) is 0 Å².